The van der Waals surface area contributed by atoms with Crippen molar-refractivity contribution in [1.29, 1.82) is 0 Å². The van der Waals surface area contributed by atoms with E-state index in [1.807, 2.05) is 20.8 Å². The SMILES string of the molecule is CN1CCC(Nc2nc(N3CCC4(CN(C(=O)OC(C)(C)C)C4)C3)c3cc(Cl)c(Br)c(F)c3n2)CC1. The lowest BCUT2D eigenvalue weighted by Gasteiger charge is -2.47. The first kappa shape index (κ1) is 25.7. The van der Waals surface area contributed by atoms with Crippen LogP contribution >= 0.6 is 27.5 Å². The molecule has 0 unspecified atom stereocenters. The van der Waals surface area contributed by atoms with E-state index in [1.165, 1.54) is 0 Å². The first-order valence-corrected chi connectivity index (χ1v) is 13.6. The van der Waals surface area contributed by atoms with Crippen molar-refractivity contribution in [1.82, 2.24) is 19.8 Å². The second kappa shape index (κ2) is 9.44. The van der Waals surface area contributed by atoms with Gasteiger partial charge in [-0.2, -0.15) is 4.98 Å². The van der Waals surface area contributed by atoms with Gasteiger partial charge in [0.05, 0.1) is 9.50 Å². The van der Waals surface area contributed by atoms with Gasteiger partial charge in [-0.25, -0.2) is 14.2 Å². The largest absolute Gasteiger partial charge is 0.444 e. The number of carbonyl (C=O) groups is 1. The van der Waals surface area contributed by atoms with E-state index in [1.54, 1.807) is 11.0 Å². The van der Waals surface area contributed by atoms with Crippen LogP contribution in [0.1, 0.15) is 40.0 Å². The first-order chi connectivity index (χ1) is 16.9. The average Bonchev–Trinajstić information content (AvgIpc) is 3.23. The number of fused-ring (bicyclic) bond motifs is 1. The van der Waals surface area contributed by atoms with Crippen molar-refractivity contribution in [2.45, 2.75) is 51.7 Å². The summed E-state index contributed by atoms with van der Waals surface area (Å²) in [7, 11) is 2.12. The lowest BCUT2D eigenvalue weighted by Crippen LogP contribution is -2.60. The monoisotopic (exact) mass is 582 g/mol. The number of piperidine rings is 1. The Morgan fingerprint density at radius 1 is 1.22 bits per heavy atom. The first-order valence-electron chi connectivity index (χ1n) is 12.5. The molecule has 3 aliphatic heterocycles. The van der Waals surface area contributed by atoms with Crippen LogP contribution in [0.25, 0.3) is 10.9 Å². The Morgan fingerprint density at radius 3 is 2.58 bits per heavy atom. The van der Waals surface area contributed by atoms with Gasteiger partial charge >= 0.3 is 6.09 Å². The Kier molecular flexibility index (Phi) is 6.74. The molecule has 11 heteroatoms. The number of nitrogens with zero attached hydrogens (tertiary/aromatic N) is 5. The number of likely N-dealkylation sites (tertiary alicyclic amines) is 2. The molecule has 36 heavy (non-hydrogen) atoms. The third-order valence-electron chi connectivity index (χ3n) is 7.30. The van der Waals surface area contributed by atoms with Gasteiger partial charge in [0, 0.05) is 43.0 Å². The summed E-state index contributed by atoms with van der Waals surface area (Å²) in [6.07, 6.45) is 2.60. The van der Waals surface area contributed by atoms with Gasteiger partial charge in [-0.15, -0.1) is 0 Å². The van der Waals surface area contributed by atoms with E-state index in [2.05, 4.69) is 43.1 Å². The smallest absolute Gasteiger partial charge is 0.410 e. The predicted octanol–water partition coefficient (Wildman–Crippen LogP) is 5.14. The van der Waals surface area contributed by atoms with Gasteiger partial charge in [0.25, 0.3) is 0 Å². The molecule has 2 aromatic rings. The van der Waals surface area contributed by atoms with Gasteiger partial charge in [-0.3, -0.25) is 0 Å². The lowest BCUT2D eigenvalue weighted by atomic mass is 9.79. The van der Waals surface area contributed by atoms with E-state index < -0.39 is 11.4 Å². The fraction of sp³-hybridized carbons (Fsp3) is 0.640. The molecule has 0 aliphatic carbocycles. The molecule has 3 fully saturated rings. The van der Waals surface area contributed by atoms with Crippen LogP contribution in [-0.4, -0.2) is 83.8 Å². The number of aromatic nitrogens is 2. The number of hydrogen-bond donors (Lipinski definition) is 1. The van der Waals surface area contributed by atoms with Crippen molar-refractivity contribution in [2.24, 2.45) is 5.41 Å². The molecule has 1 aromatic heterocycles. The molecule has 0 atom stereocenters. The normalized spacial score (nSPS) is 20.8. The van der Waals surface area contributed by atoms with Crippen LogP contribution in [0.3, 0.4) is 0 Å². The summed E-state index contributed by atoms with van der Waals surface area (Å²) < 4.78 is 21.0. The van der Waals surface area contributed by atoms with Crippen molar-refractivity contribution < 1.29 is 13.9 Å². The highest BCUT2D eigenvalue weighted by atomic mass is 79.9. The molecule has 0 bridgehead atoms. The number of halogens is 3. The maximum Gasteiger partial charge on any atom is 0.410 e. The minimum absolute atomic E-state index is 0.0204. The number of benzene rings is 1. The number of amides is 1. The van der Waals surface area contributed by atoms with Gasteiger partial charge in [-0.1, -0.05) is 11.6 Å². The molecule has 196 valence electrons. The Morgan fingerprint density at radius 2 is 1.92 bits per heavy atom. The van der Waals surface area contributed by atoms with Gasteiger partial charge in [0.1, 0.15) is 16.9 Å². The maximum absolute atomic E-state index is 15.3. The van der Waals surface area contributed by atoms with Crippen LogP contribution in [-0.2, 0) is 4.74 Å². The summed E-state index contributed by atoms with van der Waals surface area (Å²) >= 11 is 9.60. The van der Waals surface area contributed by atoms with Crippen LogP contribution in [0.2, 0.25) is 5.02 Å². The van der Waals surface area contributed by atoms with Crippen molar-refractivity contribution in [3.63, 3.8) is 0 Å². The van der Waals surface area contributed by atoms with Crippen molar-refractivity contribution in [3.05, 3.63) is 21.4 Å². The third-order valence-corrected chi connectivity index (χ3v) is 8.60. The Bertz CT molecular complexity index is 1180. The molecule has 1 amide bonds. The van der Waals surface area contributed by atoms with E-state index in [4.69, 9.17) is 21.3 Å². The molecule has 3 aliphatic rings. The second-order valence-electron chi connectivity index (χ2n) is 11.5. The topological polar surface area (TPSA) is 73.8 Å². The zero-order valence-corrected chi connectivity index (χ0v) is 23.5. The van der Waals surface area contributed by atoms with Crippen LogP contribution in [0.4, 0.5) is 21.0 Å². The molecule has 4 heterocycles. The van der Waals surface area contributed by atoms with Crippen LogP contribution in [0.15, 0.2) is 10.5 Å². The summed E-state index contributed by atoms with van der Waals surface area (Å²) in [5.41, 5.74) is -0.291. The second-order valence-corrected chi connectivity index (χ2v) is 12.7. The zero-order chi connectivity index (χ0) is 25.8. The number of ether oxygens (including phenoxy) is 1. The molecular weight excluding hydrogens is 551 g/mol. The summed E-state index contributed by atoms with van der Waals surface area (Å²) in [4.78, 5) is 28.1. The molecule has 1 aromatic carbocycles. The highest BCUT2D eigenvalue weighted by Crippen LogP contribution is 2.44. The standard InChI is InChI=1S/C25H33BrClFN6O2/c1-24(2,3)36-23(35)34-13-25(14-34)7-10-33(12-25)21-16-11-17(27)18(26)19(28)20(16)30-22(31-21)29-15-5-8-32(4)9-6-15/h11,15H,5-10,12-14H2,1-4H3,(H,29,30,31). The molecule has 5 rings (SSSR count). The lowest BCUT2D eigenvalue weighted by molar-refractivity contribution is -0.0266. The number of nitrogens with one attached hydrogen (secondary N) is 1. The Balaban J connectivity index is 1.40. The van der Waals surface area contributed by atoms with Crippen LogP contribution in [0, 0.1) is 11.2 Å². The quantitative estimate of drug-likeness (QED) is 0.502. The van der Waals surface area contributed by atoms with E-state index >= 15 is 4.39 Å². The minimum Gasteiger partial charge on any atom is -0.444 e. The fourth-order valence-corrected chi connectivity index (χ4v) is 5.89. The maximum atomic E-state index is 15.3. The number of anilines is 2. The van der Waals surface area contributed by atoms with Gasteiger partial charge in [-0.05, 0) is 82.2 Å². The predicted molar refractivity (Wildman–Crippen MR) is 143 cm³/mol. The fourth-order valence-electron chi connectivity index (χ4n) is 5.39. The molecule has 0 radical (unpaired) electrons. The average molecular weight is 584 g/mol. The molecule has 8 nitrogen and oxygen atoms in total. The molecule has 1 spiro atoms. The number of hydrogen-bond acceptors (Lipinski definition) is 7. The summed E-state index contributed by atoms with van der Waals surface area (Å²) in [6.45, 7) is 10.4. The van der Waals surface area contributed by atoms with Crippen molar-refractivity contribution >= 4 is 56.3 Å². The summed E-state index contributed by atoms with van der Waals surface area (Å²) in [5.74, 6) is 0.627. The van der Waals surface area contributed by atoms with Crippen LogP contribution in [0.5, 0.6) is 0 Å². The summed E-state index contributed by atoms with van der Waals surface area (Å²) in [5, 5.41) is 4.33. The van der Waals surface area contributed by atoms with Gasteiger partial charge < -0.3 is 24.8 Å². The van der Waals surface area contributed by atoms with Gasteiger partial charge in [0.2, 0.25) is 5.95 Å². The molecule has 0 saturated carbocycles. The van der Waals surface area contributed by atoms with E-state index in [9.17, 15) is 4.79 Å². The highest BCUT2D eigenvalue weighted by molar-refractivity contribution is 9.10. The summed E-state index contributed by atoms with van der Waals surface area (Å²) in [6, 6.07) is 1.97. The van der Waals surface area contributed by atoms with E-state index in [-0.39, 0.29) is 32.6 Å². The molecule has 1 N–H and O–H groups in total. The number of carbonyl (C=O) groups excluding carboxylic acids is 1. The Labute approximate surface area is 224 Å². The third kappa shape index (κ3) is 5.09. The van der Waals surface area contributed by atoms with Crippen molar-refractivity contribution in [2.75, 3.05) is 56.5 Å². The zero-order valence-electron chi connectivity index (χ0n) is 21.2. The minimum atomic E-state index is -0.518. The Hall–Kier alpha value is -1.91. The molecule has 3 saturated heterocycles. The highest BCUT2D eigenvalue weighted by Gasteiger charge is 2.50. The van der Waals surface area contributed by atoms with E-state index in [0.29, 0.717) is 30.2 Å². The van der Waals surface area contributed by atoms with E-state index in [0.717, 1.165) is 45.4 Å². The van der Waals surface area contributed by atoms with Crippen molar-refractivity contribution in [3.8, 4) is 0 Å². The van der Waals surface area contributed by atoms with Crippen LogP contribution < -0.4 is 10.2 Å². The number of rotatable bonds is 3. The molecular formula is C25H33BrClFN6O2. The van der Waals surface area contributed by atoms with Gasteiger partial charge in [0.15, 0.2) is 5.82 Å².